The smallest absolute Gasteiger partial charge is 0.251 e. The maximum atomic E-state index is 12.3. The van der Waals surface area contributed by atoms with Crippen molar-refractivity contribution in [2.24, 2.45) is 0 Å². The molecule has 0 bridgehead atoms. The standard InChI is InChI=1S/C18H22N4OS/c1-4-22(13(2)3)16-7-5-14(6-8-16)17(23)19-11-15-12-21-9-10-24-18(21)20-15/h5-10,12-13H,4,11H2,1-3H3,(H,19,23). The van der Waals surface area contributed by atoms with Crippen molar-refractivity contribution in [3.8, 4) is 0 Å². The van der Waals surface area contributed by atoms with Crippen molar-refractivity contribution < 1.29 is 4.79 Å². The van der Waals surface area contributed by atoms with Crippen LogP contribution in [-0.4, -0.2) is 27.9 Å². The molecule has 126 valence electrons. The van der Waals surface area contributed by atoms with Crippen LogP contribution in [0.15, 0.2) is 42.0 Å². The van der Waals surface area contributed by atoms with Crippen molar-refractivity contribution in [2.75, 3.05) is 11.4 Å². The molecule has 0 atom stereocenters. The maximum absolute atomic E-state index is 12.3. The van der Waals surface area contributed by atoms with E-state index in [-0.39, 0.29) is 5.91 Å². The number of thiazole rings is 1. The molecule has 0 radical (unpaired) electrons. The number of anilines is 1. The SMILES string of the molecule is CCN(c1ccc(C(=O)NCc2cn3ccsc3n2)cc1)C(C)C. The van der Waals surface area contributed by atoms with Crippen molar-refractivity contribution in [2.45, 2.75) is 33.4 Å². The lowest BCUT2D eigenvalue weighted by molar-refractivity contribution is 0.0950. The summed E-state index contributed by atoms with van der Waals surface area (Å²) >= 11 is 1.58. The number of rotatable bonds is 6. The number of carbonyl (C=O) groups is 1. The maximum Gasteiger partial charge on any atom is 0.251 e. The highest BCUT2D eigenvalue weighted by atomic mass is 32.1. The molecule has 2 aromatic heterocycles. The summed E-state index contributed by atoms with van der Waals surface area (Å²) in [5.41, 5.74) is 2.67. The summed E-state index contributed by atoms with van der Waals surface area (Å²) in [6, 6.07) is 8.20. The van der Waals surface area contributed by atoms with Gasteiger partial charge in [-0.2, -0.15) is 0 Å². The van der Waals surface area contributed by atoms with Gasteiger partial charge in [0.25, 0.3) is 5.91 Å². The lowest BCUT2D eigenvalue weighted by Crippen LogP contribution is -2.30. The third-order valence-corrected chi connectivity index (χ3v) is 4.77. The molecule has 0 aliphatic rings. The zero-order chi connectivity index (χ0) is 17.1. The summed E-state index contributed by atoms with van der Waals surface area (Å²) in [6.45, 7) is 7.85. The Kier molecular flexibility index (Phi) is 4.85. The van der Waals surface area contributed by atoms with Gasteiger partial charge in [0.05, 0.1) is 12.2 Å². The predicted octanol–water partition coefficient (Wildman–Crippen LogP) is 3.56. The van der Waals surface area contributed by atoms with Crippen LogP contribution in [0, 0.1) is 0 Å². The Balaban J connectivity index is 1.63. The minimum absolute atomic E-state index is 0.0782. The Bertz CT molecular complexity index is 791. The predicted molar refractivity (Wildman–Crippen MR) is 98.8 cm³/mol. The van der Waals surface area contributed by atoms with Gasteiger partial charge in [0.1, 0.15) is 0 Å². The first-order chi connectivity index (χ1) is 11.6. The average Bonchev–Trinajstić information content (AvgIpc) is 3.15. The van der Waals surface area contributed by atoms with E-state index in [1.165, 1.54) is 0 Å². The third-order valence-electron chi connectivity index (χ3n) is 4.00. The van der Waals surface area contributed by atoms with Crippen LogP contribution >= 0.6 is 11.3 Å². The summed E-state index contributed by atoms with van der Waals surface area (Å²) in [5, 5.41) is 4.92. The van der Waals surface area contributed by atoms with Crippen molar-refractivity contribution in [3.05, 3.63) is 53.3 Å². The first-order valence-electron chi connectivity index (χ1n) is 8.14. The second kappa shape index (κ2) is 7.05. The second-order valence-electron chi connectivity index (χ2n) is 5.93. The molecule has 0 fully saturated rings. The van der Waals surface area contributed by atoms with E-state index in [0.717, 1.165) is 22.9 Å². The van der Waals surface area contributed by atoms with Crippen molar-refractivity contribution >= 4 is 27.9 Å². The molecule has 0 saturated heterocycles. The van der Waals surface area contributed by atoms with Gasteiger partial charge in [0, 0.05) is 41.6 Å². The van der Waals surface area contributed by atoms with E-state index in [2.05, 4.69) is 36.0 Å². The Hall–Kier alpha value is -2.34. The molecule has 5 nitrogen and oxygen atoms in total. The van der Waals surface area contributed by atoms with Crippen molar-refractivity contribution in [1.29, 1.82) is 0 Å². The Morgan fingerprint density at radius 3 is 2.71 bits per heavy atom. The molecule has 0 unspecified atom stereocenters. The highest BCUT2D eigenvalue weighted by molar-refractivity contribution is 7.15. The van der Waals surface area contributed by atoms with Crippen LogP contribution in [0.3, 0.4) is 0 Å². The van der Waals surface area contributed by atoms with Gasteiger partial charge in [-0.3, -0.25) is 9.20 Å². The van der Waals surface area contributed by atoms with E-state index in [1.807, 2.05) is 46.4 Å². The number of fused-ring (bicyclic) bond motifs is 1. The molecule has 0 aliphatic carbocycles. The van der Waals surface area contributed by atoms with E-state index in [0.29, 0.717) is 18.2 Å². The monoisotopic (exact) mass is 342 g/mol. The zero-order valence-electron chi connectivity index (χ0n) is 14.2. The minimum atomic E-state index is -0.0782. The number of amides is 1. The van der Waals surface area contributed by atoms with Gasteiger partial charge in [0.15, 0.2) is 4.96 Å². The molecule has 0 saturated carbocycles. The molecule has 2 heterocycles. The van der Waals surface area contributed by atoms with Gasteiger partial charge in [-0.1, -0.05) is 0 Å². The number of benzene rings is 1. The topological polar surface area (TPSA) is 49.6 Å². The van der Waals surface area contributed by atoms with Crippen LogP contribution in [0.25, 0.3) is 4.96 Å². The van der Waals surface area contributed by atoms with E-state index in [4.69, 9.17) is 0 Å². The summed E-state index contributed by atoms with van der Waals surface area (Å²) in [7, 11) is 0. The number of imidazole rings is 1. The molecule has 1 aromatic carbocycles. The van der Waals surface area contributed by atoms with Gasteiger partial charge in [-0.25, -0.2) is 4.98 Å². The molecular formula is C18H22N4OS. The molecular weight excluding hydrogens is 320 g/mol. The van der Waals surface area contributed by atoms with Crippen LogP contribution in [0.5, 0.6) is 0 Å². The quantitative estimate of drug-likeness (QED) is 0.745. The number of aromatic nitrogens is 2. The number of nitrogens with zero attached hydrogens (tertiary/aromatic N) is 3. The summed E-state index contributed by atoms with van der Waals surface area (Å²) in [4.78, 5) is 20.0. The Morgan fingerprint density at radius 1 is 1.33 bits per heavy atom. The van der Waals surface area contributed by atoms with Gasteiger partial charge in [0.2, 0.25) is 0 Å². The Labute approximate surface area is 145 Å². The molecule has 1 amide bonds. The molecule has 0 aliphatic heterocycles. The van der Waals surface area contributed by atoms with Crippen LogP contribution < -0.4 is 10.2 Å². The van der Waals surface area contributed by atoms with Gasteiger partial charge in [-0.15, -0.1) is 11.3 Å². The van der Waals surface area contributed by atoms with Crippen LogP contribution in [0.4, 0.5) is 5.69 Å². The number of nitrogens with one attached hydrogen (secondary N) is 1. The second-order valence-corrected chi connectivity index (χ2v) is 6.81. The minimum Gasteiger partial charge on any atom is -0.369 e. The van der Waals surface area contributed by atoms with E-state index in [1.54, 1.807) is 11.3 Å². The zero-order valence-corrected chi connectivity index (χ0v) is 15.0. The fourth-order valence-electron chi connectivity index (χ4n) is 2.78. The highest BCUT2D eigenvalue weighted by Crippen LogP contribution is 2.18. The normalized spacial score (nSPS) is 11.2. The molecule has 0 spiro atoms. The number of hydrogen-bond acceptors (Lipinski definition) is 4. The van der Waals surface area contributed by atoms with Crippen molar-refractivity contribution in [3.63, 3.8) is 0 Å². The average molecular weight is 342 g/mol. The lowest BCUT2D eigenvalue weighted by atomic mass is 10.1. The van der Waals surface area contributed by atoms with Gasteiger partial charge >= 0.3 is 0 Å². The number of carbonyl (C=O) groups excluding carboxylic acids is 1. The molecule has 6 heteroatoms. The summed E-state index contributed by atoms with van der Waals surface area (Å²) in [5.74, 6) is -0.0782. The van der Waals surface area contributed by atoms with Crippen LogP contribution in [0.1, 0.15) is 36.8 Å². The molecule has 1 N–H and O–H groups in total. The first-order valence-corrected chi connectivity index (χ1v) is 9.02. The fourth-order valence-corrected chi connectivity index (χ4v) is 3.50. The van der Waals surface area contributed by atoms with Crippen LogP contribution in [-0.2, 0) is 6.54 Å². The molecule has 3 aromatic rings. The Morgan fingerprint density at radius 2 is 2.08 bits per heavy atom. The van der Waals surface area contributed by atoms with Gasteiger partial charge < -0.3 is 10.2 Å². The largest absolute Gasteiger partial charge is 0.369 e. The highest BCUT2D eigenvalue weighted by Gasteiger charge is 2.11. The number of hydrogen-bond donors (Lipinski definition) is 1. The third kappa shape index (κ3) is 3.43. The van der Waals surface area contributed by atoms with Gasteiger partial charge in [-0.05, 0) is 45.0 Å². The van der Waals surface area contributed by atoms with Crippen LogP contribution in [0.2, 0.25) is 0 Å². The van der Waals surface area contributed by atoms with E-state index in [9.17, 15) is 4.79 Å². The van der Waals surface area contributed by atoms with E-state index < -0.39 is 0 Å². The van der Waals surface area contributed by atoms with Crippen molar-refractivity contribution in [1.82, 2.24) is 14.7 Å². The summed E-state index contributed by atoms with van der Waals surface area (Å²) in [6.07, 6.45) is 3.90. The molecule has 3 rings (SSSR count). The first kappa shape index (κ1) is 16.5. The fraction of sp³-hybridized carbons (Fsp3) is 0.333. The lowest BCUT2D eigenvalue weighted by Gasteiger charge is -2.27. The molecule has 24 heavy (non-hydrogen) atoms. The van der Waals surface area contributed by atoms with E-state index >= 15 is 0 Å². The summed E-state index contributed by atoms with van der Waals surface area (Å²) < 4.78 is 1.96.